The Labute approximate surface area is 176 Å². The van der Waals surface area contributed by atoms with Crippen LogP contribution in [0.1, 0.15) is 24.1 Å². The van der Waals surface area contributed by atoms with Crippen molar-refractivity contribution in [3.8, 4) is 0 Å². The topological polar surface area (TPSA) is 77.9 Å². The lowest BCUT2D eigenvalue weighted by atomic mass is 10.0. The number of benzene rings is 2. The van der Waals surface area contributed by atoms with Crippen LogP contribution in [0.25, 0.3) is 0 Å². The third-order valence-electron chi connectivity index (χ3n) is 5.34. The van der Waals surface area contributed by atoms with Gasteiger partial charge in [0.25, 0.3) is 0 Å². The summed E-state index contributed by atoms with van der Waals surface area (Å²) in [5.74, 6) is -0.591. The molecule has 0 radical (unpaired) electrons. The number of aryl methyl sites for hydroxylation is 1. The zero-order valence-corrected chi connectivity index (χ0v) is 18.0. The minimum absolute atomic E-state index is 0.0111. The standard InChI is InChI=1S/C21H25ClN2O4S/c1-15-8-10-18(11-9-15)29(27,28)23-13-19(20(25)14-23)24(21(26)12-22)16(2)17-6-4-3-5-7-17/h3-11,16,19-20,25H,12-14H2,1-2H3/t16-,19-,20-/m1/s1. The zero-order chi connectivity index (χ0) is 21.2. The van der Waals surface area contributed by atoms with Crippen molar-refractivity contribution in [3.63, 3.8) is 0 Å². The maximum atomic E-state index is 13.0. The predicted molar refractivity (Wildman–Crippen MR) is 112 cm³/mol. The summed E-state index contributed by atoms with van der Waals surface area (Å²) in [7, 11) is -3.78. The van der Waals surface area contributed by atoms with Gasteiger partial charge in [-0.05, 0) is 31.5 Å². The molecule has 1 amide bonds. The van der Waals surface area contributed by atoms with Gasteiger partial charge in [-0.2, -0.15) is 4.31 Å². The number of alkyl halides is 1. The van der Waals surface area contributed by atoms with E-state index in [-0.39, 0.29) is 35.8 Å². The first-order valence-corrected chi connectivity index (χ1v) is 11.4. The number of β-amino-alcohol motifs (C(OH)–C–C–N with tert-alkyl or cyclic N) is 1. The Morgan fingerprint density at radius 1 is 1.17 bits per heavy atom. The zero-order valence-electron chi connectivity index (χ0n) is 16.4. The SMILES string of the molecule is Cc1ccc(S(=O)(=O)N2C[C@@H](O)[C@H](N(C(=O)CCl)[C@H](C)c3ccccc3)C2)cc1. The molecule has 8 heteroatoms. The van der Waals surface area contributed by atoms with E-state index in [1.807, 2.05) is 44.2 Å². The normalized spacial score (nSPS) is 21.1. The number of hydrogen-bond donors (Lipinski definition) is 1. The molecule has 29 heavy (non-hydrogen) atoms. The fraction of sp³-hybridized carbons (Fsp3) is 0.381. The van der Waals surface area contributed by atoms with Gasteiger partial charge in [0.15, 0.2) is 0 Å². The van der Waals surface area contributed by atoms with E-state index in [0.717, 1.165) is 11.1 Å². The number of aliphatic hydroxyl groups is 1. The molecule has 156 valence electrons. The fourth-order valence-corrected chi connectivity index (χ4v) is 5.33. The molecule has 0 saturated carbocycles. The van der Waals surface area contributed by atoms with E-state index >= 15 is 0 Å². The van der Waals surface area contributed by atoms with Gasteiger partial charge < -0.3 is 10.0 Å². The van der Waals surface area contributed by atoms with Crippen LogP contribution in [0.4, 0.5) is 0 Å². The molecule has 1 aliphatic heterocycles. The van der Waals surface area contributed by atoms with E-state index in [1.54, 1.807) is 24.3 Å². The molecule has 2 aromatic carbocycles. The van der Waals surface area contributed by atoms with E-state index in [4.69, 9.17) is 11.6 Å². The van der Waals surface area contributed by atoms with Gasteiger partial charge in [0.2, 0.25) is 15.9 Å². The van der Waals surface area contributed by atoms with Crippen molar-refractivity contribution in [3.05, 3.63) is 65.7 Å². The lowest BCUT2D eigenvalue weighted by Crippen LogP contribution is -2.48. The largest absolute Gasteiger partial charge is 0.390 e. The van der Waals surface area contributed by atoms with Crippen LogP contribution in [0.15, 0.2) is 59.5 Å². The lowest BCUT2D eigenvalue weighted by molar-refractivity contribution is -0.135. The Bertz CT molecular complexity index is 950. The minimum atomic E-state index is -3.78. The van der Waals surface area contributed by atoms with Gasteiger partial charge in [-0.15, -0.1) is 11.6 Å². The van der Waals surface area contributed by atoms with Gasteiger partial charge in [0.1, 0.15) is 5.88 Å². The number of carbonyl (C=O) groups excluding carboxylic acids is 1. The molecule has 0 aliphatic carbocycles. The van der Waals surface area contributed by atoms with Crippen molar-refractivity contribution in [2.24, 2.45) is 0 Å². The van der Waals surface area contributed by atoms with Crippen LogP contribution in [0.3, 0.4) is 0 Å². The van der Waals surface area contributed by atoms with Gasteiger partial charge in [0.05, 0.1) is 23.1 Å². The quantitative estimate of drug-likeness (QED) is 0.706. The first-order chi connectivity index (χ1) is 13.8. The van der Waals surface area contributed by atoms with Crippen LogP contribution in [-0.4, -0.2) is 59.8 Å². The molecule has 1 N–H and O–H groups in total. The van der Waals surface area contributed by atoms with E-state index in [9.17, 15) is 18.3 Å². The summed E-state index contributed by atoms with van der Waals surface area (Å²) < 4.78 is 27.3. The average Bonchev–Trinajstić information content (AvgIpc) is 3.11. The molecule has 2 aromatic rings. The van der Waals surface area contributed by atoms with Gasteiger partial charge in [-0.1, -0.05) is 48.0 Å². The Balaban J connectivity index is 1.89. The second kappa shape index (κ2) is 8.83. The van der Waals surface area contributed by atoms with E-state index < -0.39 is 22.2 Å². The third-order valence-corrected chi connectivity index (χ3v) is 7.42. The molecule has 1 aliphatic rings. The van der Waals surface area contributed by atoms with E-state index in [1.165, 1.54) is 9.21 Å². The van der Waals surface area contributed by atoms with Crippen LogP contribution in [-0.2, 0) is 14.8 Å². The van der Waals surface area contributed by atoms with Gasteiger partial charge in [0, 0.05) is 13.1 Å². The van der Waals surface area contributed by atoms with Gasteiger partial charge in [-0.25, -0.2) is 8.42 Å². The number of rotatable bonds is 6. The van der Waals surface area contributed by atoms with Crippen molar-refractivity contribution in [2.75, 3.05) is 19.0 Å². The highest BCUT2D eigenvalue weighted by molar-refractivity contribution is 7.89. The third kappa shape index (κ3) is 4.48. The van der Waals surface area contributed by atoms with Crippen LogP contribution >= 0.6 is 11.6 Å². The fourth-order valence-electron chi connectivity index (χ4n) is 3.71. The summed E-state index contributed by atoms with van der Waals surface area (Å²) in [6, 6.07) is 14.9. The number of hydrogen-bond acceptors (Lipinski definition) is 4. The van der Waals surface area contributed by atoms with Crippen LogP contribution in [0.5, 0.6) is 0 Å². The molecular formula is C21H25ClN2O4S. The first-order valence-electron chi connectivity index (χ1n) is 9.42. The van der Waals surface area contributed by atoms with Crippen LogP contribution < -0.4 is 0 Å². The van der Waals surface area contributed by atoms with Crippen LogP contribution in [0, 0.1) is 6.92 Å². The van der Waals surface area contributed by atoms with Gasteiger partial charge >= 0.3 is 0 Å². The molecule has 0 unspecified atom stereocenters. The van der Waals surface area contributed by atoms with E-state index in [2.05, 4.69) is 0 Å². The number of amides is 1. The smallest absolute Gasteiger partial charge is 0.243 e. The highest BCUT2D eigenvalue weighted by Crippen LogP contribution is 2.30. The number of carbonyl (C=O) groups is 1. The average molecular weight is 437 g/mol. The Morgan fingerprint density at radius 3 is 2.38 bits per heavy atom. The number of nitrogens with zero attached hydrogens (tertiary/aromatic N) is 2. The molecule has 3 rings (SSSR count). The van der Waals surface area contributed by atoms with Crippen LogP contribution in [0.2, 0.25) is 0 Å². The van der Waals surface area contributed by atoms with Crippen molar-refractivity contribution in [2.45, 2.75) is 36.9 Å². The molecule has 0 aromatic heterocycles. The number of sulfonamides is 1. The molecule has 6 nitrogen and oxygen atoms in total. The number of halogens is 1. The summed E-state index contributed by atoms with van der Waals surface area (Å²) >= 11 is 5.84. The first kappa shape index (κ1) is 21.8. The Kier molecular flexibility index (Phi) is 6.63. The minimum Gasteiger partial charge on any atom is -0.390 e. The molecule has 1 saturated heterocycles. The Hall–Kier alpha value is -1.93. The second-order valence-electron chi connectivity index (χ2n) is 7.29. The van der Waals surface area contributed by atoms with Crippen molar-refractivity contribution < 1.29 is 18.3 Å². The van der Waals surface area contributed by atoms with Gasteiger partial charge in [-0.3, -0.25) is 4.79 Å². The summed E-state index contributed by atoms with van der Waals surface area (Å²) in [5.41, 5.74) is 1.84. The van der Waals surface area contributed by atoms with Crippen molar-refractivity contribution >= 4 is 27.5 Å². The molecule has 0 spiro atoms. The molecular weight excluding hydrogens is 412 g/mol. The highest BCUT2D eigenvalue weighted by Gasteiger charge is 2.44. The molecule has 0 bridgehead atoms. The molecule has 1 heterocycles. The maximum absolute atomic E-state index is 13.0. The predicted octanol–water partition coefficient (Wildman–Crippen LogP) is 2.56. The molecule has 1 fully saturated rings. The summed E-state index contributed by atoms with van der Waals surface area (Å²) in [6.07, 6.45) is -1.01. The summed E-state index contributed by atoms with van der Waals surface area (Å²) in [4.78, 5) is 14.3. The Morgan fingerprint density at radius 2 is 1.79 bits per heavy atom. The van der Waals surface area contributed by atoms with Crippen molar-refractivity contribution in [1.82, 2.24) is 9.21 Å². The summed E-state index contributed by atoms with van der Waals surface area (Å²) in [6.45, 7) is 3.67. The highest BCUT2D eigenvalue weighted by atomic mass is 35.5. The summed E-state index contributed by atoms with van der Waals surface area (Å²) in [5, 5.41) is 10.7. The number of aliphatic hydroxyl groups excluding tert-OH is 1. The monoisotopic (exact) mass is 436 g/mol. The van der Waals surface area contributed by atoms with Crippen molar-refractivity contribution in [1.29, 1.82) is 0 Å². The maximum Gasteiger partial charge on any atom is 0.243 e. The van der Waals surface area contributed by atoms with E-state index in [0.29, 0.717) is 0 Å². The molecule has 3 atom stereocenters. The lowest BCUT2D eigenvalue weighted by Gasteiger charge is -2.36. The second-order valence-corrected chi connectivity index (χ2v) is 9.50.